The van der Waals surface area contributed by atoms with Crippen LogP contribution in [0.1, 0.15) is 30.7 Å². The van der Waals surface area contributed by atoms with Crippen LogP contribution >= 0.6 is 0 Å². The van der Waals surface area contributed by atoms with Gasteiger partial charge in [0.2, 0.25) is 5.91 Å². The van der Waals surface area contributed by atoms with Crippen LogP contribution in [0.25, 0.3) is 11.3 Å². The Morgan fingerprint density at radius 2 is 1.86 bits per heavy atom. The fourth-order valence-electron chi connectivity index (χ4n) is 3.80. The molecule has 1 aromatic heterocycles. The van der Waals surface area contributed by atoms with Gasteiger partial charge in [-0.15, -0.1) is 0 Å². The molecule has 2 heterocycles. The summed E-state index contributed by atoms with van der Waals surface area (Å²) in [4.78, 5) is 19.0. The molecule has 5 heteroatoms. The minimum atomic E-state index is 0.117. The van der Waals surface area contributed by atoms with Crippen LogP contribution in [0.5, 0.6) is 0 Å². The van der Waals surface area contributed by atoms with Crippen molar-refractivity contribution >= 4 is 5.91 Å². The maximum Gasteiger partial charge on any atom is 0.220 e. The normalized spacial score (nSPS) is 16.8. The minimum absolute atomic E-state index is 0.117. The third-order valence-corrected chi connectivity index (χ3v) is 5.29. The first kappa shape index (κ1) is 19.4. The first-order valence-electron chi connectivity index (χ1n) is 10.3. The van der Waals surface area contributed by atoms with E-state index in [1.165, 1.54) is 5.56 Å². The highest BCUT2D eigenvalue weighted by atomic mass is 16.4. The van der Waals surface area contributed by atoms with Gasteiger partial charge in [-0.2, -0.15) is 0 Å². The van der Waals surface area contributed by atoms with E-state index >= 15 is 0 Å². The van der Waals surface area contributed by atoms with Crippen LogP contribution in [0.15, 0.2) is 71.3 Å². The quantitative estimate of drug-likeness (QED) is 0.631. The molecule has 1 aliphatic heterocycles. The lowest BCUT2D eigenvalue weighted by molar-refractivity contribution is -0.121. The lowest BCUT2D eigenvalue weighted by Gasteiger charge is -2.16. The lowest BCUT2D eigenvalue weighted by atomic mass is 10.2. The van der Waals surface area contributed by atoms with E-state index in [2.05, 4.69) is 39.5 Å². The molecule has 1 unspecified atom stereocenters. The maximum atomic E-state index is 12.3. The van der Waals surface area contributed by atoms with E-state index in [0.717, 1.165) is 43.8 Å². The van der Waals surface area contributed by atoms with E-state index in [4.69, 9.17) is 4.42 Å². The molecule has 0 saturated carbocycles. The number of carbonyl (C=O) groups is 1. The van der Waals surface area contributed by atoms with Crippen molar-refractivity contribution in [3.05, 3.63) is 78.3 Å². The fourth-order valence-corrected chi connectivity index (χ4v) is 3.80. The Hall–Kier alpha value is -2.92. The van der Waals surface area contributed by atoms with Gasteiger partial charge in [-0.05, 0) is 18.4 Å². The van der Waals surface area contributed by atoms with Gasteiger partial charge in [0, 0.05) is 44.1 Å². The Morgan fingerprint density at radius 3 is 2.66 bits per heavy atom. The highest BCUT2D eigenvalue weighted by Crippen LogP contribution is 2.20. The number of nitrogens with zero attached hydrogens (tertiary/aromatic N) is 2. The molecule has 0 aliphatic carbocycles. The molecule has 0 radical (unpaired) electrons. The van der Waals surface area contributed by atoms with Crippen LogP contribution in [0, 0.1) is 0 Å². The van der Waals surface area contributed by atoms with Crippen molar-refractivity contribution in [1.82, 2.24) is 15.2 Å². The van der Waals surface area contributed by atoms with Gasteiger partial charge < -0.3 is 9.73 Å². The summed E-state index contributed by atoms with van der Waals surface area (Å²) in [5.74, 6) is 1.58. The highest BCUT2D eigenvalue weighted by molar-refractivity contribution is 5.76. The van der Waals surface area contributed by atoms with Gasteiger partial charge in [0.25, 0.3) is 0 Å². The van der Waals surface area contributed by atoms with E-state index in [1.807, 2.05) is 36.4 Å². The summed E-state index contributed by atoms with van der Waals surface area (Å²) in [6.07, 6.45) is 4.67. The van der Waals surface area contributed by atoms with Crippen LogP contribution in [-0.2, 0) is 17.8 Å². The number of carbonyl (C=O) groups excluding carboxylic acids is 1. The summed E-state index contributed by atoms with van der Waals surface area (Å²) in [7, 11) is 0. The molecule has 1 amide bonds. The zero-order chi connectivity index (χ0) is 19.9. The molecule has 0 bridgehead atoms. The van der Waals surface area contributed by atoms with Crippen LogP contribution < -0.4 is 5.32 Å². The van der Waals surface area contributed by atoms with Crippen molar-refractivity contribution in [3.8, 4) is 11.3 Å². The molecular formula is C24H27N3O2. The summed E-state index contributed by atoms with van der Waals surface area (Å²) in [6.45, 7) is 2.89. The summed E-state index contributed by atoms with van der Waals surface area (Å²) >= 11 is 0. The highest BCUT2D eigenvalue weighted by Gasteiger charge is 2.23. The lowest BCUT2D eigenvalue weighted by Crippen LogP contribution is -2.36. The Bertz CT molecular complexity index is 908. The largest absolute Gasteiger partial charge is 0.441 e. The first-order chi connectivity index (χ1) is 14.3. The van der Waals surface area contributed by atoms with Crippen LogP contribution in [0.2, 0.25) is 0 Å². The average molecular weight is 389 g/mol. The Labute approximate surface area is 171 Å². The Morgan fingerprint density at radius 1 is 1.10 bits per heavy atom. The number of likely N-dealkylation sites (tertiary alicyclic amines) is 1. The molecule has 0 spiro atoms. The van der Waals surface area contributed by atoms with Gasteiger partial charge in [-0.1, -0.05) is 60.7 Å². The maximum absolute atomic E-state index is 12.3. The number of hydrogen-bond acceptors (Lipinski definition) is 4. The summed E-state index contributed by atoms with van der Waals surface area (Å²) in [5, 5.41) is 3.18. The number of aromatic nitrogens is 1. The van der Waals surface area contributed by atoms with Gasteiger partial charge in [-0.3, -0.25) is 9.69 Å². The standard InChI is InChI=1S/C24H27N3O2/c28-23(26-21-14-15-27(18-21)17-19-8-3-1-4-9-19)12-7-13-24-25-16-22(29-24)20-10-5-2-6-11-20/h1-6,8-11,16,21H,7,12-15,17-18H2,(H,26,28). The predicted molar refractivity (Wildman–Crippen MR) is 113 cm³/mol. The summed E-state index contributed by atoms with van der Waals surface area (Å²) in [5.41, 5.74) is 2.34. The number of hydrogen-bond donors (Lipinski definition) is 1. The Balaban J connectivity index is 1.17. The zero-order valence-electron chi connectivity index (χ0n) is 16.6. The van der Waals surface area contributed by atoms with Crippen molar-refractivity contribution in [3.63, 3.8) is 0 Å². The smallest absolute Gasteiger partial charge is 0.220 e. The second kappa shape index (κ2) is 9.52. The van der Waals surface area contributed by atoms with Crippen LogP contribution in [0.4, 0.5) is 0 Å². The third-order valence-electron chi connectivity index (χ3n) is 5.29. The molecule has 1 atom stereocenters. The topological polar surface area (TPSA) is 58.4 Å². The monoisotopic (exact) mass is 389 g/mol. The van der Waals surface area contributed by atoms with Crippen molar-refractivity contribution < 1.29 is 9.21 Å². The third kappa shape index (κ3) is 5.55. The van der Waals surface area contributed by atoms with E-state index in [1.54, 1.807) is 6.20 Å². The van der Waals surface area contributed by atoms with Gasteiger partial charge in [0.15, 0.2) is 11.7 Å². The SMILES string of the molecule is O=C(CCCc1ncc(-c2ccccc2)o1)NC1CCN(Cc2ccccc2)C1. The molecule has 1 aliphatic rings. The van der Waals surface area contributed by atoms with Gasteiger partial charge in [0.1, 0.15) is 0 Å². The molecule has 3 aromatic rings. The molecule has 150 valence electrons. The van der Waals surface area contributed by atoms with E-state index in [9.17, 15) is 4.79 Å². The first-order valence-corrected chi connectivity index (χ1v) is 10.3. The molecular weight excluding hydrogens is 362 g/mol. The number of nitrogens with one attached hydrogen (secondary N) is 1. The van der Waals surface area contributed by atoms with Gasteiger partial charge >= 0.3 is 0 Å². The van der Waals surface area contributed by atoms with Crippen LogP contribution in [0.3, 0.4) is 0 Å². The zero-order valence-corrected chi connectivity index (χ0v) is 16.6. The minimum Gasteiger partial charge on any atom is -0.441 e. The number of aryl methyl sites for hydroxylation is 1. The molecule has 1 saturated heterocycles. The molecule has 1 N–H and O–H groups in total. The Kier molecular flexibility index (Phi) is 6.37. The molecule has 5 nitrogen and oxygen atoms in total. The van der Waals surface area contributed by atoms with Crippen molar-refractivity contribution in [2.24, 2.45) is 0 Å². The predicted octanol–water partition coefficient (Wildman–Crippen LogP) is 4.06. The van der Waals surface area contributed by atoms with E-state index in [-0.39, 0.29) is 11.9 Å². The second-order valence-electron chi connectivity index (χ2n) is 7.61. The van der Waals surface area contributed by atoms with E-state index < -0.39 is 0 Å². The summed E-state index contributed by atoms with van der Waals surface area (Å²) in [6, 6.07) is 20.7. The van der Waals surface area contributed by atoms with Gasteiger partial charge in [-0.25, -0.2) is 4.98 Å². The van der Waals surface area contributed by atoms with E-state index in [0.29, 0.717) is 18.7 Å². The summed E-state index contributed by atoms with van der Waals surface area (Å²) < 4.78 is 5.81. The number of amides is 1. The number of oxazole rings is 1. The molecule has 2 aromatic carbocycles. The van der Waals surface area contributed by atoms with Gasteiger partial charge in [0.05, 0.1) is 6.20 Å². The molecule has 1 fully saturated rings. The number of benzene rings is 2. The average Bonchev–Trinajstić information content (AvgIpc) is 3.39. The number of rotatable bonds is 8. The van der Waals surface area contributed by atoms with Crippen molar-refractivity contribution in [2.45, 2.75) is 38.3 Å². The second-order valence-corrected chi connectivity index (χ2v) is 7.61. The molecule has 4 rings (SSSR count). The van der Waals surface area contributed by atoms with Crippen molar-refractivity contribution in [1.29, 1.82) is 0 Å². The fraction of sp³-hybridized carbons (Fsp3) is 0.333. The van der Waals surface area contributed by atoms with Crippen molar-refractivity contribution in [2.75, 3.05) is 13.1 Å². The molecule has 29 heavy (non-hydrogen) atoms. The van der Waals surface area contributed by atoms with Crippen LogP contribution in [-0.4, -0.2) is 34.9 Å².